The molecular weight excluding hydrogens is 540 g/mol. The lowest BCUT2D eigenvalue weighted by molar-refractivity contribution is 0.669. The standard InChI is InChI=1S/C39H24N4O/c1-2-12-25(13-3-1)37-40-38(42-39(41-37)32-20-11-19-31-30-18-6-9-23-35(30)44-36(31)32)26-14-10-15-27(24-26)43-33-21-7-4-16-28(33)29-17-5-8-22-34(29)43/h1-24H. The van der Waals surface area contributed by atoms with Gasteiger partial charge in [-0.1, -0.05) is 109 Å². The molecule has 0 amide bonds. The summed E-state index contributed by atoms with van der Waals surface area (Å²) in [5.74, 6) is 1.78. The molecule has 6 aromatic carbocycles. The van der Waals surface area contributed by atoms with E-state index in [4.69, 9.17) is 19.4 Å². The van der Waals surface area contributed by atoms with E-state index >= 15 is 0 Å². The maximum Gasteiger partial charge on any atom is 0.167 e. The minimum atomic E-state index is 0.570. The molecule has 5 nitrogen and oxygen atoms in total. The summed E-state index contributed by atoms with van der Waals surface area (Å²) in [6, 6.07) is 49.8. The average Bonchev–Trinajstić information content (AvgIpc) is 3.65. The molecule has 0 aliphatic carbocycles. The Hall–Kier alpha value is -6.07. The molecule has 44 heavy (non-hydrogen) atoms. The normalized spacial score (nSPS) is 11.6. The molecule has 0 N–H and O–H groups in total. The van der Waals surface area contributed by atoms with Crippen LogP contribution in [0.25, 0.3) is 83.6 Å². The molecule has 0 radical (unpaired) electrons. The highest BCUT2D eigenvalue weighted by molar-refractivity contribution is 6.10. The molecule has 0 bridgehead atoms. The fourth-order valence-corrected chi connectivity index (χ4v) is 6.25. The van der Waals surface area contributed by atoms with Crippen molar-refractivity contribution in [2.45, 2.75) is 0 Å². The summed E-state index contributed by atoms with van der Waals surface area (Å²) in [5, 5.41) is 4.55. The molecule has 0 spiro atoms. The van der Waals surface area contributed by atoms with Gasteiger partial charge >= 0.3 is 0 Å². The minimum Gasteiger partial charge on any atom is -0.455 e. The Kier molecular flexibility index (Phi) is 5.43. The van der Waals surface area contributed by atoms with Crippen LogP contribution in [0.4, 0.5) is 0 Å². The number of nitrogens with zero attached hydrogens (tertiary/aromatic N) is 4. The Morgan fingerprint density at radius 2 is 1.00 bits per heavy atom. The van der Waals surface area contributed by atoms with Crippen molar-refractivity contribution in [3.63, 3.8) is 0 Å². The van der Waals surface area contributed by atoms with E-state index in [1.54, 1.807) is 0 Å². The van der Waals surface area contributed by atoms with Crippen LogP contribution in [-0.2, 0) is 0 Å². The molecule has 0 aliphatic rings. The molecule has 3 heterocycles. The van der Waals surface area contributed by atoms with Gasteiger partial charge in [0.25, 0.3) is 0 Å². The van der Waals surface area contributed by atoms with Crippen molar-refractivity contribution in [2.75, 3.05) is 0 Å². The van der Waals surface area contributed by atoms with Gasteiger partial charge in [0.2, 0.25) is 0 Å². The summed E-state index contributed by atoms with van der Waals surface area (Å²) >= 11 is 0. The molecule has 0 fully saturated rings. The van der Waals surface area contributed by atoms with Crippen molar-refractivity contribution < 1.29 is 4.42 Å². The average molecular weight is 565 g/mol. The van der Waals surface area contributed by atoms with Gasteiger partial charge in [-0.2, -0.15) is 0 Å². The molecule has 9 aromatic rings. The van der Waals surface area contributed by atoms with E-state index in [2.05, 4.69) is 89.5 Å². The van der Waals surface area contributed by atoms with E-state index in [-0.39, 0.29) is 0 Å². The van der Waals surface area contributed by atoms with Crippen LogP contribution >= 0.6 is 0 Å². The van der Waals surface area contributed by atoms with Crippen LogP contribution in [0, 0.1) is 0 Å². The summed E-state index contributed by atoms with van der Waals surface area (Å²) in [5.41, 5.74) is 7.62. The second-order valence-electron chi connectivity index (χ2n) is 10.9. The summed E-state index contributed by atoms with van der Waals surface area (Å²) in [7, 11) is 0. The fraction of sp³-hybridized carbons (Fsp3) is 0. The van der Waals surface area contributed by atoms with E-state index in [1.807, 2.05) is 60.7 Å². The van der Waals surface area contributed by atoms with E-state index in [0.717, 1.165) is 55.3 Å². The van der Waals surface area contributed by atoms with Gasteiger partial charge in [-0.3, -0.25) is 0 Å². The maximum absolute atomic E-state index is 6.38. The number of hydrogen-bond donors (Lipinski definition) is 0. The zero-order chi connectivity index (χ0) is 29.0. The topological polar surface area (TPSA) is 56.7 Å². The molecule has 0 unspecified atom stereocenters. The van der Waals surface area contributed by atoms with Gasteiger partial charge in [-0.05, 0) is 36.4 Å². The van der Waals surface area contributed by atoms with Crippen molar-refractivity contribution in [1.82, 2.24) is 19.5 Å². The first-order chi connectivity index (χ1) is 21.8. The monoisotopic (exact) mass is 564 g/mol. The summed E-state index contributed by atoms with van der Waals surface area (Å²) in [6.45, 7) is 0. The largest absolute Gasteiger partial charge is 0.455 e. The molecule has 0 aliphatic heterocycles. The Balaban J connectivity index is 1.27. The zero-order valence-corrected chi connectivity index (χ0v) is 23.6. The third-order valence-corrected chi connectivity index (χ3v) is 8.26. The molecule has 9 rings (SSSR count). The number of para-hydroxylation sites is 4. The maximum atomic E-state index is 6.38. The SMILES string of the molecule is c1ccc(-c2nc(-c3cccc(-n4c5ccccc5c5ccccc54)c3)nc(-c3cccc4c3oc3ccccc34)n2)cc1. The van der Waals surface area contributed by atoms with Crippen molar-refractivity contribution in [3.05, 3.63) is 146 Å². The van der Waals surface area contributed by atoms with Crippen LogP contribution in [-0.4, -0.2) is 19.5 Å². The summed E-state index contributed by atoms with van der Waals surface area (Å²) in [6.07, 6.45) is 0. The predicted molar refractivity (Wildman–Crippen MR) is 178 cm³/mol. The van der Waals surface area contributed by atoms with Gasteiger partial charge in [0.05, 0.1) is 16.6 Å². The number of aromatic nitrogens is 4. The summed E-state index contributed by atoms with van der Waals surface area (Å²) < 4.78 is 8.68. The lowest BCUT2D eigenvalue weighted by atomic mass is 10.1. The lowest BCUT2D eigenvalue weighted by Crippen LogP contribution is -2.01. The van der Waals surface area contributed by atoms with Crippen molar-refractivity contribution >= 4 is 43.7 Å². The first-order valence-corrected chi connectivity index (χ1v) is 14.6. The summed E-state index contributed by atoms with van der Waals surface area (Å²) in [4.78, 5) is 15.1. The number of fused-ring (bicyclic) bond motifs is 6. The highest BCUT2D eigenvalue weighted by Crippen LogP contribution is 2.36. The van der Waals surface area contributed by atoms with Gasteiger partial charge in [-0.15, -0.1) is 0 Å². The Bertz CT molecular complexity index is 2460. The number of rotatable bonds is 4. The fourth-order valence-electron chi connectivity index (χ4n) is 6.25. The van der Waals surface area contributed by atoms with E-state index in [1.165, 1.54) is 10.8 Å². The molecule has 0 saturated heterocycles. The van der Waals surface area contributed by atoms with E-state index in [0.29, 0.717) is 17.5 Å². The Morgan fingerprint density at radius 1 is 0.432 bits per heavy atom. The molecule has 5 heteroatoms. The van der Waals surface area contributed by atoms with Crippen molar-refractivity contribution in [3.8, 4) is 39.9 Å². The second-order valence-corrected chi connectivity index (χ2v) is 10.9. The van der Waals surface area contributed by atoms with Gasteiger partial charge in [0.15, 0.2) is 17.5 Å². The Labute approximate surface area is 252 Å². The third kappa shape index (κ3) is 3.83. The minimum absolute atomic E-state index is 0.570. The molecular formula is C39H24N4O. The Morgan fingerprint density at radius 3 is 1.77 bits per heavy atom. The van der Waals surface area contributed by atoms with Crippen molar-refractivity contribution in [2.24, 2.45) is 0 Å². The second kappa shape index (κ2) is 9.75. The van der Waals surface area contributed by atoms with Gasteiger partial charge in [-0.25, -0.2) is 15.0 Å². The van der Waals surface area contributed by atoms with Crippen LogP contribution < -0.4 is 0 Å². The third-order valence-electron chi connectivity index (χ3n) is 8.26. The van der Waals surface area contributed by atoms with Crippen LogP contribution in [0.3, 0.4) is 0 Å². The van der Waals surface area contributed by atoms with Crippen LogP contribution in [0.2, 0.25) is 0 Å². The quantitative estimate of drug-likeness (QED) is 0.213. The van der Waals surface area contributed by atoms with Gasteiger partial charge in [0.1, 0.15) is 11.2 Å². The molecule has 206 valence electrons. The highest BCUT2D eigenvalue weighted by Gasteiger charge is 2.18. The van der Waals surface area contributed by atoms with Crippen LogP contribution in [0.15, 0.2) is 150 Å². The number of benzene rings is 6. The highest BCUT2D eigenvalue weighted by atomic mass is 16.3. The van der Waals surface area contributed by atoms with E-state index < -0.39 is 0 Å². The molecule has 3 aromatic heterocycles. The van der Waals surface area contributed by atoms with Gasteiger partial charge < -0.3 is 8.98 Å². The van der Waals surface area contributed by atoms with Gasteiger partial charge in [0, 0.05) is 38.4 Å². The smallest absolute Gasteiger partial charge is 0.167 e. The lowest BCUT2D eigenvalue weighted by Gasteiger charge is -2.11. The van der Waals surface area contributed by atoms with Crippen LogP contribution in [0.5, 0.6) is 0 Å². The molecule has 0 atom stereocenters. The van der Waals surface area contributed by atoms with Crippen molar-refractivity contribution in [1.29, 1.82) is 0 Å². The number of hydrogen-bond acceptors (Lipinski definition) is 4. The predicted octanol–water partition coefficient (Wildman–Crippen LogP) is 9.87. The first-order valence-electron chi connectivity index (χ1n) is 14.6. The van der Waals surface area contributed by atoms with E-state index in [9.17, 15) is 0 Å². The number of furan rings is 1. The first kappa shape index (κ1) is 24.5. The zero-order valence-electron chi connectivity index (χ0n) is 23.6. The molecule has 0 saturated carbocycles. The van der Waals surface area contributed by atoms with Crippen LogP contribution in [0.1, 0.15) is 0 Å².